The number of aromatic amines is 1. The van der Waals surface area contributed by atoms with E-state index in [1.807, 2.05) is 37.3 Å². The number of hydrogen-bond acceptors (Lipinski definition) is 3. The Morgan fingerprint density at radius 2 is 1.90 bits per heavy atom. The molecule has 0 saturated heterocycles. The number of carbonyl (C=O) groups excluding carboxylic acids is 1. The second-order valence-corrected chi connectivity index (χ2v) is 4.79. The van der Waals surface area contributed by atoms with Gasteiger partial charge in [-0.05, 0) is 18.4 Å². The highest BCUT2D eigenvalue weighted by Gasteiger charge is 2.14. The molecule has 0 amide bonds. The van der Waals surface area contributed by atoms with Crippen LogP contribution in [0.5, 0.6) is 0 Å². The number of ketones is 1. The molecule has 1 aromatic heterocycles. The molecule has 0 aliphatic rings. The van der Waals surface area contributed by atoms with E-state index in [4.69, 9.17) is 0 Å². The highest BCUT2D eigenvalue weighted by molar-refractivity contribution is 5.93. The molecule has 1 N–H and O–H groups in total. The van der Waals surface area contributed by atoms with E-state index < -0.39 is 11.2 Å². The lowest BCUT2D eigenvalue weighted by Crippen LogP contribution is -2.38. The van der Waals surface area contributed by atoms with Crippen LogP contribution in [0.15, 0.2) is 46.1 Å². The Morgan fingerprint density at radius 3 is 2.50 bits per heavy atom. The number of nitrogens with zero attached hydrogens (tertiary/aromatic N) is 1. The lowest BCUT2D eigenvalue weighted by Gasteiger charge is -2.13. The third-order valence-electron chi connectivity index (χ3n) is 3.27. The SMILES string of the molecule is CC(=O)c1c[nH]c(=O)n(CC(C)c2ccccc2)c1=O. The predicted octanol–water partition coefficient (Wildman–Crippen LogP) is 1.54. The van der Waals surface area contributed by atoms with E-state index >= 15 is 0 Å². The maximum absolute atomic E-state index is 12.1. The van der Waals surface area contributed by atoms with E-state index in [2.05, 4.69) is 4.98 Å². The minimum atomic E-state index is -0.538. The van der Waals surface area contributed by atoms with Crippen molar-refractivity contribution in [2.75, 3.05) is 0 Å². The van der Waals surface area contributed by atoms with Gasteiger partial charge >= 0.3 is 5.69 Å². The number of rotatable bonds is 4. The second-order valence-electron chi connectivity index (χ2n) is 4.79. The van der Waals surface area contributed by atoms with E-state index in [9.17, 15) is 14.4 Å². The summed E-state index contributed by atoms with van der Waals surface area (Å²) in [4.78, 5) is 37.7. The Hall–Kier alpha value is -2.43. The van der Waals surface area contributed by atoms with Crippen LogP contribution in [-0.2, 0) is 6.54 Å². The normalized spacial score (nSPS) is 12.1. The molecule has 0 aliphatic heterocycles. The number of Topliss-reactive ketones (excluding diaryl/α,β-unsaturated/α-hetero) is 1. The highest BCUT2D eigenvalue weighted by atomic mass is 16.2. The maximum atomic E-state index is 12.1. The van der Waals surface area contributed by atoms with Gasteiger partial charge in [0.1, 0.15) is 0 Å². The molecule has 2 aromatic rings. The number of hydrogen-bond donors (Lipinski definition) is 1. The minimum Gasteiger partial charge on any atom is -0.313 e. The highest BCUT2D eigenvalue weighted by Crippen LogP contribution is 2.15. The van der Waals surface area contributed by atoms with Gasteiger partial charge in [0, 0.05) is 12.7 Å². The summed E-state index contributed by atoms with van der Waals surface area (Å²) in [7, 11) is 0. The second kappa shape index (κ2) is 5.69. The van der Waals surface area contributed by atoms with Crippen LogP contribution in [0.25, 0.3) is 0 Å². The molecular formula is C15H16N2O3. The lowest BCUT2D eigenvalue weighted by atomic mass is 10.0. The van der Waals surface area contributed by atoms with Crippen LogP contribution in [0.3, 0.4) is 0 Å². The predicted molar refractivity (Wildman–Crippen MR) is 76.2 cm³/mol. The molecule has 1 heterocycles. The van der Waals surface area contributed by atoms with Crippen molar-refractivity contribution < 1.29 is 4.79 Å². The molecule has 5 nitrogen and oxygen atoms in total. The Balaban J connectivity index is 2.39. The van der Waals surface area contributed by atoms with Crippen molar-refractivity contribution >= 4 is 5.78 Å². The maximum Gasteiger partial charge on any atom is 0.328 e. The van der Waals surface area contributed by atoms with Crippen LogP contribution in [0.4, 0.5) is 0 Å². The van der Waals surface area contributed by atoms with Crippen molar-refractivity contribution in [3.05, 3.63) is 68.5 Å². The van der Waals surface area contributed by atoms with Crippen molar-refractivity contribution in [3.63, 3.8) is 0 Å². The molecule has 1 aromatic carbocycles. The number of H-pyrrole nitrogens is 1. The van der Waals surface area contributed by atoms with Crippen LogP contribution < -0.4 is 11.2 Å². The number of aromatic nitrogens is 2. The average Bonchev–Trinajstić information content (AvgIpc) is 2.43. The number of carbonyl (C=O) groups is 1. The van der Waals surface area contributed by atoms with E-state index in [-0.39, 0.29) is 23.8 Å². The van der Waals surface area contributed by atoms with Gasteiger partial charge in [-0.3, -0.25) is 14.2 Å². The van der Waals surface area contributed by atoms with Crippen molar-refractivity contribution in [2.24, 2.45) is 0 Å². The minimum absolute atomic E-state index is 0.00259. The Morgan fingerprint density at radius 1 is 1.25 bits per heavy atom. The molecule has 104 valence electrons. The lowest BCUT2D eigenvalue weighted by molar-refractivity contribution is 0.101. The molecule has 0 bridgehead atoms. The first-order valence-corrected chi connectivity index (χ1v) is 6.39. The third-order valence-corrected chi connectivity index (χ3v) is 3.27. The van der Waals surface area contributed by atoms with E-state index in [1.54, 1.807) is 0 Å². The first-order valence-electron chi connectivity index (χ1n) is 6.39. The summed E-state index contributed by atoms with van der Waals surface area (Å²) < 4.78 is 1.08. The zero-order valence-corrected chi connectivity index (χ0v) is 11.4. The van der Waals surface area contributed by atoms with Gasteiger partial charge in [-0.1, -0.05) is 37.3 Å². The third kappa shape index (κ3) is 2.77. The number of nitrogens with one attached hydrogen (secondary N) is 1. The van der Waals surface area contributed by atoms with Gasteiger partial charge in [0.2, 0.25) is 0 Å². The molecule has 0 aliphatic carbocycles. The monoisotopic (exact) mass is 272 g/mol. The van der Waals surface area contributed by atoms with Crippen molar-refractivity contribution in [1.82, 2.24) is 9.55 Å². The van der Waals surface area contributed by atoms with Crippen molar-refractivity contribution in [1.29, 1.82) is 0 Å². The summed E-state index contributed by atoms with van der Waals surface area (Å²) in [5, 5.41) is 0. The van der Waals surface area contributed by atoms with Crippen LogP contribution in [0.1, 0.15) is 35.7 Å². The topological polar surface area (TPSA) is 71.9 Å². The fourth-order valence-corrected chi connectivity index (χ4v) is 2.09. The van der Waals surface area contributed by atoms with Gasteiger partial charge < -0.3 is 4.98 Å². The first-order chi connectivity index (χ1) is 9.50. The fourth-order valence-electron chi connectivity index (χ4n) is 2.09. The van der Waals surface area contributed by atoms with Crippen molar-refractivity contribution in [2.45, 2.75) is 26.3 Å². The van der Waals surface area contributed by atoms with Crippen LogP contribution in [0.2, 0.25) is 0 Å². The van der Waals surface area contributed by atoms with Crippen LogP contribution in [0, 0.1) is 0 Å². The zero-order chi connectivity index (χ0) is 14.7. The largest absolute Gasteiger partial charge is 0.328 e. The molecule has 0 radical (unpaired) electrons. The molecular weight excluding hydrogens is 256 g/mol. The molecule has 0 saturated carbocycles. The number of benzene rings is 1. The molecule has 2 rings (SSSR count). The van der Waals surface area contributed by atoms with E-state index in [1.165, 1.54) is 13.1 Å². The summed E-state index contributed by atoms with van der Waals surface area (Å²) in [5.41, 5.74) is 0.00343. The van der Waals surface area contributed by atoms with Crippen LogP contribution >= 0.6 is 0 Å². The van der Waals surface area contributed by atoms with Gasteiger partial charge in [0.25, 0.3) is 5.56 Å². The average molecular weight is 272 g/mol. The van der Waals surface area contributed by atoms with Crippen molar-refractivity contribution in [3.8, 4) is 0 Å². The van der Waals surface area contributed by atoms with Gasteiger partial charge in [0.05, 0.1) is 5.56 Å². The van der Waals surface area contributed by atoms with Crippen LogP contribution in [-0.4, -0.2) is 15.3 Å². The van der Waals surface area contributed by atoms with Gasteiger partial charge in [-0.25, -0.2) is 4.79 Å². The van der Waals surface area contributed by atoms with Gasteiger partial charge in [-0.15, -0.1) is 0 Å². The Kier molecular flexibility index (Phi) is 3.98. The first kappa shape index (κ1) is 14.0. The zero-order valence-electron chi connectivity index (χ0n) is 11.4. The molecule has 0 spiro atoms. The molecule has 1 unspecified atom stereocenters. The molecule has 0 fully saturated rings. The van der Waals surface area contributed by atoms with E-state index in [0.29, 0.717) is 0 Å². The quantitative estimate of drug-likeness (QED) is 0.858. The summed E-state index contributed by atoms with van der Waals surface area (Å²) in [6.07, 6.45) is 1.18. The molecule has 5 heteroatoms. The van der Waals surface area contributed by atoms with Gasteiger partial charge in [0.15, 0.2) is 5.78 Å². The summed E-state index contributed by atoms with van der Waals surface area (Å²) in [6.45, 7) is 3.47. The van der Waals surface area contributed by atoms with E-state index in [0.717, 1.165) is 10.1 Å². The standard InChI is InChI=1S/C15H16N2O3/c1-10(12-6-4-3-5-7-12)9-17-14(19)13(11(2)18)8-16-15(17)20/h3-8,10H,9H2,1-2H3,(H,16,20). The smallest absolute Gasteiger partial charge is 0.313 e. The Labute approximate surface area is 115 Å². The van der Waals surface area contributed by atoms with Gasteiger partial charge in [-0.2, -0.15) is 0 Å². The summed E-state index contributed by atoms with van der Waals surface area (Å²) in [6, 6.07) is 9.61. The molecule has 1 atom stereocenters. The summed E-state index contributed by atoms with van der Waals surface area (Å²) in [5.74, 6) is -0.357. The Bertz CT molecular complexity index is 729. The summed E-state index contributed by atoms with van der Waals surface area (Å²) >= 11 is 0. The fraction of sp³-hybridized carbons (Fsp3) is 0.267. The molecule has 20 heavy (non-hydrogen) atoms.